The second-order valence-electron chi connectivity index (χ2n) is 5.23. The maximum Gasteiger partial charge on any atom is 0.191 e. The summed E-state index contributed by atoms with van der Waals surface area (Å²) in [6, 6.07) is 12.1. The van der Waals surface area contributed by atoms with Crippen LogP contribution < -0.4 is 15.4 Å². The molecule has 2 rings (SSSR count). The van der Waals surface area contributed by atoms with Gasteiger partial charge in [0.05, 0.1) is 7.11 Å². The summed E-state index contributed by atoms with van der Waals surface area (Å²) in [5, 5.41) is 6.60. The van der Waals surface area contributed by atoms with Crippen molar-refractivity contribution < 1.29 is 4.74 Å². The number of guanidine groups is 1. The van der Waals surface area contributed by atoms with Gasteiger partial charge in [0.1, 0.15) is 5.75 Å². The largest absolute Gasteiger partial charge is 0.496 e. The Hall–Kier alpha value is -1.83. The lowest BCUT2D eigenvalue weighted by Crippen LogP contribution is -2.37. The number of aliphatic imine (C=N–C) groups is 1. The number of nitrogens with zero attached hydrogens (tertiary/aromatic N) is 2. The highest BCUT2D eigenvalue weighted by atomic mass is 127. The van der Waals surface area contributed by atoms with Crippen LogP contribution >= 0.6 is 24.0 Å². The Morgan fingerprint density at radius 1 is 1.21 bits per heavy atom. The van der Waals surface area contributed by atoms with Gasteiger partial charge in [-0.1, -0.05) is 18.2 Å². The molecule has 0 bridgehead atoms. The van der Waals surface area contributed by atoms with Gasteiger partial charge in [-0.25, -0.2) is 0 Å². The first-order valence-electron chi connectivity index (χ1n) is 7.71. The van der Waals surface area contributed by atoms with E-state index in [0.29, 0.717) is 6.54 Å². The Morgan fingerprint density at radius 2 is 2.04 bits per heavy atom. The van der Waals surface area contributed by atoms with Crippen molar-refractivity contribution in [2.24, 2.45) is 4.99 Å². The third kappa shape index (κ3) is 6.35. The van der Waals surface area contributed by atoms with E-state index >= 15 is 0 Å². The van der Waals surface area contributed by atoms with E-state index < -0.39 is 0 Å². The fraction of sp³-hybridized carbons (Fsp3) is 0.333. The minimum Gasteiger partial charge on any atom is -0.496 e. The maximum atomic E-state index is 5.35. The van der Waals surface area contributed by atoms with E-state index in [1.165, 1.54) is 0 Å². The Labute approximate surface area is 161 Å². The smallest absolute Gasteiger partial charge is 0.191 e. The van der Waals surface area contributed by atoms with E-state index in [1.54, 1.807) is 14.2 Å². The van der Waals surface area contributed by atoms with Crippen LogP contribution in [0.3, 0.4) is 0 Å². The number of aryl methyl sites for hydroxylation is 1. The molecule has 0 aliphatic heterocycles. The summed E-state index contributed by atoms with van der Waals surface area (Å²) >= 11 is 0. The lowest BCUT2D eigenvalue weighted by molar-refractivity contribution is 0.411. The SMILES string of the molecule is CN=C(NCCc1ccccn1)NCc1ccc(C)c(OC)c1.I. The number of nitrogens with one attached hydrogen (secondary N) is 2. The third-order valence-electron chi connectivity index (χ3n) is 3.56. The van der Waals surface area contributed by atoms with Gasteiger partial charge in [-0.3, -0.25) is 9.98 Å². The number of methoxy groups -OCH3 is 1. The van der Waals surface area contributed by atoms with Crippen molar-refractivity contribution in [1.82, 2.24) is 15.6 Å². The van der Waals surface area contributed by atoms with Crippen LogP contribution in [0.2, 0.25) is 0 Å². The number of pyridine rings is 1. The second-order valence-corrected chi connectivity index (χ2v) is 5.23. The van der Waals surface area contributed by atoms with Crippen LogP contribution in [0.15, 0.2) is 47.6 Å². The number of rotatable bonds is 6. The Bertz CT molecular complexity index is 647. The molecule has 24 heavy (non-hydrogen) atoms. The van der Waals surface area contributed by atoms with E-state index in [4.69, 9.17) is 4.74 Å². The summed E-state index contributed by atoms with van der Waals surface area (Å²) in [5.41, 5.74) is 3.35. The Morgan fingerprint density at radius 3 is 2.71 bits per heavy atom. The van der Waals surface area contributed by atoms with Gasteiger partial charge in [0.2, 0.25) is 0 Å². The highest BCUT2D eigenvalue weighted by Crippen LogP contribution is 2.18. The average Bonchev–Trinajstić information content (AvgIpc) is 2.60. The van der Waals surface area contributed by atoms with E-state index in [2.05, 4.69) is 32.7 Å². The number of aromatic nitrogens is 1. The van der Waals surface area contributed by atoms with Crippen LogP contribution in [0, 0.1) is 6.92 Å². The van der Waals surface area contributed by atoms with Crippen molar-refractivity contribution in [3.05, 3.63) is 59.4 Å². The predicted octanol–water partition coefficient (Wildman–Crippen LogP) is 2.92. The highest BCUT2D eigenvalue weighted by Gasteiger charge is 2.02. The number of hydrogen-bond acceptors (Lipinski definition) is 3. The molecule has 0 spiro atoms. The number of halogens is 1. The first-order valence-corrected chi connectivity index (χ1v) is 7.71. The van der Waals surface area contributed by atoms with Crippen LogP contribution in [0.5, 0.6) is 5.75 Å². The molecule has 1 aromatic heterocycles. The van der Waals surface area contributed by atoms with E-state index in [9.17, 15) is 0 Å². The topological polar surface area (TPSA) is 58.5 Å². The van der Waals surface area contributed by atoms with E-state index in [-0.39, 0.29) is 24.0 Å². The van der Waals surface area contributed by atoms with Crippen LogP contribution in [0.25, 0.3) is 0 Å². The number of ether oxygens (including phenoxy) is 1. The molecule has 0 aliphatic rings. The zero-order chi connectivity index (χ0) is 16.5. The fourth-order valence-electron chi connectivity index (χ4n) is 2.24. The molecule has 0 unspecified atom stereocenters. The van der Waals surface area contributed by atoms with Crippen LogP contribution in [0.1, 0.15) is 16.8 Å². The van der Waals surface area contributed by atoms with Crippen molar-refractivity contribution in [2.45, 2.75) is 19.9 Å². The van der Waals surface area contributed by atoms with Gasteiger partial charge in [0, 0.05) is 38.4 Å². The van der Waals surface area contributed by atoms with Crippen LogP contribution in [0.4, 0.5) is 0 Å². The highest BCUT2D eigenvalue weighted by molar-refractivity contribution is 14.0. The van der Waals surface area contributed by atoms with Gasteiger partial charge < -0.3 is 15.4 Å². The lowest BCUT2D eigenvalue weighted by Gasteiger charge is -2.13. The number of benzene rings is 1. The van der Waals surface area contributed by atoms with Crippen molar-refractivity contribution in [1.29, 1.82) is 0 Å². The normalized spacial score (nSPS) is 10.7. The van der Waals surface area contributed by atoms with Crippen molar-refractivity contribution in [3.63, 3.8) is 0 Å². The summed E-state index contributed by atoms with van der Waals surface area (Å²) in [4.78, 5) is 8.55. The molecule has 0 saturated heterocycles. The second kappa shape index (κ2) is 10.9. The van der Waals surface area contributed by atoms with Gasteiger partial charge >= 0.3 is 0 Å². The maximum absolute atomic E-state index is 5.35. The molecule has 130 valence electrons. The van der Waals surface area contributed by atoms with Gasteiger partial charge in [-0.05, 0) is 36.2 Å². The third-order valence-corrected chi connectivity index (χ3v) is 3.56. The zero-order valence-electron chi connectivity index (χ0n) is 14.4. The van der Waals surface area contributed by atoms with Crippen molar-refractivity contribution in [2.75, 3.05) is 20.7 Å². The summed E-state index contributed by atoms with van der Waals surface area (Å²) in [6.45, 7) is 3.52. The molecule has 6 heteroatoms. The van der Waals surface area contributed by atoms with Crippen molar-refractivity contribution in [3.8, 4) is 5.75 Å². The van der Waals surface area contributed by atoms with Gasteiger partial charge in [0.25, 0.3) is 0 Å². The zero-order valence-corrected chi connectivity index (χ0v) is 16.7. The quantitative estimate of drug-likeness (QED) is 0.412. The van der Waals surface area contributed by atoms with Crippen molar-refractivity contribution >= 4 is 29.9 Å². The molecule has 2 aromatic rings. The van der Waals surface area contributed by atoms with E-state index in [1.807, 2.05) is 37.4 Å². The lowest BCUT2D eigenvalue weighted by atomic mass is 10.1. The molecule has 5 nitrogen and oxygen atoms in total. The van der Waals surface area contributed by atoms with Crippen LogP contribution in [-0.2, 0) is 13.0 Å². The van der Waals surface area contributed by atoms with E-state index in [0.717, 1.165) is 41.5 Å². The van der Waals surface area contributed by atoms with Gasteiger partial charge in [-0.2, -0.15) is 0 Å². The Balaban J connectivity index is 0.00000288. The fourth-order valence-corrected chi connectivity index (χ4v) is 2.24. The molecule has 1 aromatic carbocycles. The standard InChI is InChI=1S/C18H24N4O.HI/c1-14-7-8-15(12-17(14)23-3)13-22-18(19-2)21-11-9-16-6-4-5-10-20-16;/h4-8,10,12H,9,11,13H2,1-3H3,(H2,19,21,22);1H. The molecule has 0 fully saturated rings. The molecule has 0 atom stereocenters. The molecule has 0 radical (unpaired) electrons. The molecule has 0 aliphatic carbocycles. The first-order chi connectivity index (χ1) is 11.2. The number of hydrogen-bond donors (Lipinski definition) is 2. The predicted molar refractivity (Wildman–Crippen MR) is 109 cm³/mol. The monoisotopic (exact) mass is 440 g/mol. The molecular weight excluding hydrogens is 415 g/mol. The minimum atomic E-state index is 0. The van der Waals surface area contributed by atoms with Gasteiger partial charge in [0.15, 0.2) is 5.96 Å². The summed E-state index contributed by atoms with van der Waals surface area (Å²) in [5.74, 6) is 1.68. The molecule has 0 amide bonds. The first kappa shape index (κ1) is 20.2. The van der Waals surface area contributed by atoms with Gasteiger partial charge in [-0.15, -0.1) is 24.0 Å². The van der Waals surface area contributed by atoms with Crippen LogP contribution in [-0.4, -0.2) is 31.6 Å². The summed E-state index contributed by atoms with van der Waals surface area (Å²) < 4.78 is 5.35. The Kier molecular flexibility index (Phi) is 9.14. The molecule has 1 heterocycles. The molecular formula is C18H25IN4O. The minimum absolute atomic E-state index is 0. The summed E-state index contributed by atoms with van der Waals surface area (Å²) in [6.07, 6.45) is 2.67. The average molecular weight is 440 g/mol. The molecule has 2 N–H and O–H groups in total. The molecule has 0 saturated carbocycles. The summed E-state index contributed by atoms with van der Waals surface area (Å²) in [7, 11) is 3.46.